The van der Waals surface area contributed by atoms with Gasteiger partial charge in [0.05, 0.1) is 41.9 Å². The number of benzene rings is 2. The van der Waals surface area contributed by atoms with Crippen LogP contribution in [0.5, 0.6) is 11.6 Å². The molecule has 0 spiro atoms. The Morgan fingerprint density at radius 2 is 1.71 bits per heavy atom. The minimum atomic E-state index is -0.628. The van der Waals surface area contributed by atoms with Crippen LogP contribution in [-0.4, -0.2) is 64.9 Å². The van der Waals surface area contributed by atoms with Crippen molar-refractivity contribution in [1.29, 1.82) is 0 Å². The third kappa shape index (κ3) is 8.18. The van der Waals surface area contributed by atoms with Gasteiger partial charge in [0.25, 0.3) is 0 Å². The van der Waals surface area contributed by atoms with Crippen molar-refractivity contribution >= 4 is 0 Å². The average molecular weight is 482 g/mol. The van der Waals surface area contributed by atoms with Gasteiger partial charge in [0, 0.05) is 26.7 Å². The summed E-state index contributed by atoms with van der Waals surface area (Å²) >= 11 is 0. The zero-order chi connectivity index (χ0) is 25.4. The van der Waals surface area contributed by atoms with Crippen LogP contribution in [0.15, 0.2) is 54.6 Å². The van der Waals surface area contributed by atoms with Crippen molar-refractivity contribution in [3.05, 3.63) is 71.4 Å². The van der Waals surface area contributed by atoms with Gasteiger partial charge in [0.1, 0.15) is 5.75 Å². The lowest BCUT2D eigenvalue weighted by atomic mass is 10.2. The highest BCUT2D eigenvalue weighted by Crippen LogP contribution is 2.32. The molecule has 0 unspecified atom stereocenters. The van der Waals surface area contributed by atoms with Crippen LogP contribution in [0.3, 0.4) is 0 Å². The van der Waals surface area contributed by atoms with E-state index in [0.29, 0.717) is 32.1 Å². The summed E-state index contributed by atoms with van der Waals surface area (Å²) in [5.41, 5.74) is 3.63. The van der Waals surface area contributed by atoms with Gasteiger partial charge < -0.3 is 19.3 Å². The van der Waals surface area contributed by atoms with Crippen molar-refractivity contribution in [3.8, 4) is 17.3 Å². The molecule has 190 valence electrons. The van der Waals surface area contributed by atoms with Crippen molar-refractivity contribution in [2.24, 2.45) is 0 Å². The molecule has 1 atom stereocenters. The van der Waals surface area contributed by atoms with Gasteiger partial charge in [-0.2, -0.15) is 5.10 Å². The summed E-state index contributed by atoms with van der Waals surface area (Å²) in [6.07, 6.45) is -0.628. The topological polar surface area (TPSA) is 69.0 Å². The first-order chi connectivity index (χ1) is 16.7. The molecule has 3 rings (SSSR count). The second kappa shape index (κ2) is 12.3. The third-order valence-electron chi connectivity index (χ3n) is 5.54. The number of para-hydroxylation sites is 1. The number of rotatable bonds is 12. The molecule has 0 saturated heterocycles. The van der Waals surface area contributed by atoms with Crippen LogP contribution in [-0.2, 0) is 16.0 Å². The summed E-state index contributed by atoms with van der Waals surface area (Å²) in [7, 11) is 1.68. The first-order valence-electron chi connectivity index (χ1n) is 12.1. The molecule has 35 heavy (non-hydrogen) atoms. The van der Waals surface area contributed by atoms with E-state index in [1.807, 2.05) is 87.0 Å². The Hall–Kier alpha value is -2.71. The zero-order valence-electron chi connectivity index (χ0n) is 21.8. The van der Waals surface area contributed by atoms with Crippen molar-refractivity contribution in [2.75, 3.05) is 33.4 Å². The van der Waals surface area contributed by atoms with Crippen LogP contribution in [0.4, 0.5) is 0 Å². The van der Waals surface area contributed by atoms with E-state index in [9.17, 15) is 5.11 Å². The summed E-state index contributed by atoms with van der Waals surface area (Å²) in [6, 6.07) is 18.0. The molecule has 0 aliphatic heterocycles. The molecule has 0 aliphatic carbocycles. The maximum Gasteiger partial charge on any atom is 0.227 e. The van der Waals surface area contributed by atoms with Gasteiger partial charge in [-0.1, -0.05) is 35.9 Å². The van der Waals surface area contributed by atoms with E-state index in [4.69, 9.17) is 19.3 Å². The Kier molecular flexibility index (Phi) is 9.46. The Morgan fingerprint density at radius 3 is 2.34 bits per heavy atom. The number of aryl methyl sites for hydroxylation is 2. The van der Waals surface area contributed by atoms with Gasteiger partial charge in [0.2, 0.25) is 5.88 Å². The maximum atomic E-state index is 10.7. The Balaban J connectivity index is 1.91. The highest BCUT2D eigenvalue weighted by Gasteiger charge is 2.23. The standard InChI is InChI=1S/C28H39N3O4/c1-21-12-14-25(15-13-21)35-27-26(22(2)29-31(27)23-10-8-7-9-11-23)19-30(16-17-33-6)18-24(32)20-34-28(3,4)5/h7-15,24,32H,16-20H2,1-6H3/t24-/m1/s1. The Labute approximate surface area is 209 Å². The predicted molar refractivity (Wildman–Crippen MR) is 138 cm³/mol. The Morgan fingerprint density at radius 1 is 1.03 bits per heavy atom. The normalized spacial score (nSPS) is 12.8. The molecule has 1 aromatic heterocycles. The Bertz CT molecular complexity index is 1040. The molecule has 0 amide bonds. The van der Waals surface area contributed by atoms with Gasteiger partial charge in [-0.3, -0.25) is 4.90 Å². The minimum absolute atomic E-state index is 0.266. The number of aliphatic hydroxyl groups is 1. The van der Waals surface area contributed by atoms with Crippen LogP contribution >= 0.6 is 0 Å². The van der Waals surface area contributed by atoms with Crippen molar-refractivity contribution in [3.63, 3.8) is 0 Å². The number of methoxy groups -OCH3 is 1. The number of ether oxygens (including phenoxy) is 3. The van der Waals surface area contributed by atoms with E-state index < -0.39 is 6.10 Å². The molecule has 0 aliphatic rings. The van der Waals surface area contributed by atoms with E-state index in [1.165, 1.54) is 5.56 Å². The van der Waals surface area contributed by atoms with Gasteiger partial charge in [-0.05, 0) is 58.9 Å². The monoisotopic (exact) mass is 481 g/mol. The molecule has 2 aromatic carbocycles. The summed E-state index contributed by atoms with van der Waals surface area (Å²) in [5, 5.41) is 15.5. The third-order valence-corrected chi connectivity index (χ3v) is 5.54. The zero-order valence-corrected chi connectivity index (χ0v) is 21.8. The molecule has 0 fully saturated rings. The fourth-order valence-corrected chi connectivity index (χ4v) is 3.66. The highest BCUT2D eigenvalue weighted by atomic mass is 16.5. The van der Waals surface area contributed by atoms with E-state index in [0.717, 1.165) is 22.7 Å². The molecular formula is C28H39N3O4. The largest absolute Gasteiger partial charge is 0.439 e. The number of aromatic nitrogens is 2. The summed E-state index contributed by atoms with van der Waals surface area (Å²) in [4.78, 5) is 2.15. The molecule has 1 N–H and O–H groups in total. The molecule has 3 aromatic rings. The summed E-state index contributed by atoms with van der Waals surface area (Å²) < 4.78 is 19.4. The summed E-state index contributed by atoms with van der Waals surface area (Å²) in [6.45, 7) is 12.5. The van der Waals surface area contributed by atoms with Crippen LogP contribution in [0.25, 0.3) is 5.69 Å². The smallest absolute Gasteiger partial charge is 0.227 e. The predicted octanol–water partition coefficient (Wildman–Crippen LogP) is 4.91. The quantitative estimate of drug-likeness (QED) is 0.397. The molecule has 1 heterocycles. The van der Waals surface area contributed by atoms with Gasteiger partial charge >= 0.3 is 0 Å². The lowest BCUT2D eigenvalue weighted by Crippen LogP contribution is -2.38. The van der Waals surface area contributed by atoms with Crippen molar-refractivity contribution < 1.29 is 19.3 Å². The van der Waals surface area contributed by atoms with E-state index in [2.05, 4.69) is 11.8 Å². The van der Waals surface area contributed by atoms with Crippen molar-refractivity contribution in [2.45, 2.75) is 52.9 Å². The molecule has 7 nitrogen and oxygen atoms in total. The number of hydrogen-bond acceptors (Lipinski definition) is 6. The number of hydrogen-bond donors (Lipinski definition) is 1. The fraction of sp³-hybridized carbons (Fsp3) is 0.464. The molecular weight excluding hydrogens is 442 g/mol. The van der Waals surface area contributed by atoms with Crippen LogP contribution in [0.2, 0.25) is 0 Å². The SMILES string of the molecule is COCCN(Cc1c(C)nn(-c2ccccc2)c1Oc1ccc(C)cc1)C[C@@H](O)COC(C)(C)C. The second-order valence-electron chi connectivity index (χ2n) is 9.84. The number of nitrogens with zero attached hydrogens (tertiary/aromatic N) is 3. The highest BCUT2D eigenvalue weighted by molar-refractivity contribution is 5.43. The fourth-order valence-electron chi connectivity index (χ4n) is 3.66. The molecule has 0 bridgehead atoms. The van der Waals surface area contributed by atoms with Crippen LogP contribution in [0.1, 0.15) is 37.6 Å². The lowest BCUT2D eigenvalue weighted by Gasteiger charge is -2.27. The van der Waals surface area contributed by atoms with E-state index >= 15 is 0 Å². The van der Waals surface area contributed by atoms with Crippen LogP contribution in [0, 0.1) is 13.8 Å². The first-order valence-corrected chi connectivity index (χ1v) is 12.1. The van der Waals surface area contributed by atoms with Gasteiger partial charge in [-0.15, -0.1) is 0 Å². The maximum absolute atomic E-state index is 10.7. The van der Waals surface area contributed by atoms with Crippen LogP contribution < -0.4 is 4.74 Å². The number of aliphatic hydroxyl groups excluding tert-OH is 1. The van der Waals surface area contributed by atoms with Crippen molar-refractivity contribution in [1.82, 2.24) is 14.7 Å². The average Bonchev–Trinajstić information content (AvgIpc) is 3.12. The van der Waals surface area contributed by atoms with Gasteiger partial charge in [0.15, 0.2) is 0 Å². The van der Waals surface area contributed by atoms with E-state index in [1.54, 1.807) is 7.11 Å². The molecule has 7 heteroatoms. The first kappa shape index (κ1) is 26.9. The van der Waals surface area contributed by atoms with Gasteiger partial charge in [-0.25, -0.2) is 4.68 Å². The summed E-state index contributed by atoms with van der Waals surface area (Å²) in [5.74, 6) is 1.41. The molecule has 0 radical (unpaired) electrons. The molecule has 0 saturated carbocycles. The lowest BCUT2D eigenvalue weighted by molar-refractivity contribution is -0.0577. The van der Waals surface area contributed by atoms with E-state index in [-0.39, 0.29) is 12.2 Å². The minimum Gasteiger partial charge on any atom is -0.439 e. The second-order valence-corrected chi connectivity index (χ2v) is 9.84.